The summed E-state index contributed by atoms with van der Waals surface area (Å²) in [5, 5.41) is 0.551. The van der Waals surface area contributed by atoms with E-state index in [0.29, 0.717) is 21.0 Å². The number of halogens is 4. The van der Waals surface area contributed by atoms with Crippen LogP contribution in [0.1, 0.15) is 11.4 Å². The molecule has 0 amide bonds. The number of imidazole rings is 1. The average molecular weight is 481 g/mol. The molecule has 154 valence electrons. The summed E-state index contributed by atoms with van der Waals surface area (Å²) in [6.07, 6.45) is -4.73. The van der Waals surface area contributed by atoms with Crippen LogP contribution in [0.25, 0.3) is 22.0 Å². The summed E-state index contributed by atoms with van der Waals surface area (Å²) in [5.74, 6) is -2.08. The number of carbonyl (C=O) groups excluding carboxylic acids is 1. The Morgan fingerprint density at radius 3 is 2.70 bits per heavy atom. The molecule has 0 aliphatic carbocycles. The van der Waals surface area contributed by atoms with Crippen molar-refractivity contribution in [1.29, 1.82) is 0 Å². The van der Waals surface area contributed by atoms with Crippen LogP contribution in [0.4, 0.5) is 13.2 Å². The third-order valence-electron chi connectivity index (χ3n) is 4.38. The third-order valence-corrected chi connectivity index (χ3v) is 4.87. The predicted molar refractivity (Wildman–Crippen MR) is 105 cm³/mol. The van der Waals surface area contributed by atoms with E-state index in [4.69, 9.17) is 9.15 Å². The number of carbonyl (C=O) groups is 1. The topological polar surface area (TPSA) is 74.3 Å². The summed E-state index contributed by atoms with van der Waals surface area (Å²) < 4.78 is 51.8. The molecule has 0 atom stereocenters. The van der Waals surface area contributed by atoms with Gasteiger partial charge >= 0.3 is 17.8 Å². The largest absolute Gasteiger partial charge is 0.459 e. The van der Waals surface area contributed by atoms with Crippen LogP contribution in [0.2, 0.25) is 0 Å². The lowest BCUT2D eigenvalue weighted by Crippen LogP contribution is -2.20. The zero-order valence-corrected chi connectivity index (χ0v) is 16.7. The van der Waals surface area contributed by atoms with E-state index in [1.54, 1.807) is 30.3 Å². The number of hydrogen-bond acceptors (Lipinski definition) is 5. The van der Waals surface area contributed by atoms with Gasteiger partial charge in [-0.1, -0.05) is 28.1 Å². The van der Waals surface area contributed by atoms with E-state index in [1.807, 2.05) is 0 Å². The lowest BCUT2D eigenvalue weighted by atomic mass is 10.1. The zero-order valence-electron chi connectivity index (χ0n) is 15.1. The van der Waals surface area contributed by atoms with Gasteiger partial charge in [-0.15, -0.1) is 0 Å². The number of nitrogens with zero attached hydrogens (tertiary/aromatic N) is 2. The van der Waals surface area contributed by atoms with E-state index in [1.165, 1.54) is 18.2 Å². The van der Waals surface area contributed by atoms with E-state index in [0.717, 1.165) is 4.57 Å². The summed E-state index contributed by atoms with van der Waals surface area (Å²) >= 11 is 3.27. The van der Waals surface area contributed by atoms with Gasteiger partial charge in [0, 0.05) is 21.5 Å². The maximum absolute atomic E-state index is 13.4. The second-order valence-electron chi connectivity index (χ2n) is 6.40. The fourth-order valence-corrected chi connectivity index (χ4v) is 3.45. The Bertz CT molecular complexity index is 1330. The number of para-hydroxylation sites is 2. The molecular weight excluding hydrogens is 469 g/mol. The fraction of sp³-hybridized carbons (Fsp3) is 0.150. The highest BCUT2D eigenvalue weighted by molar-refractivity contribution is 9.10. The maximum atomic E-state index is 13.4. The number of esters is 1. The maximum Gasteiger partial charge on any atom is 0.449 e. The lowest BCUT2D eigenvalue weighted by molar-refractivity contribution is -0.151. The molecule has 0 unspecified atom stereocenters. The van der Waals surface area contributed by atoms with Gasteiger partial charge in [0.15, 0.2) is 0 Å². The summed E-state index contributed by atoms with van der Waals surface area (Å²) in [7, 11) is 0. The van der Waals surface area contributed by atoms with Gasteiger partial charge in [0.25, 0.3) is 0 Å². The van der Waals surface area contributed by atoms with Gasteiger partial charge in [-0.3, -0.25) is 4.79 Å². The Balaban J connectivity index is 1.60. The number of rotatable bonds is 4. The Hall–Kier alpha value is -3.14. The number of ether oxygens (including phenoxy) is 1. The van der Waals surface area contributed by atoms with Gasteiger partial charge in [-0.05, 0) is 30.3 Å². The molecule has 0 saturated heterocycles. The van der Waals surface area contributed by atoms with Gasteiger partial charge in [0.1, 0.15) is 18.7 Å². The minimum Gasteiger partial charge on any atom is -0.459 e. The zero-order chi connectivity index (χ0) is 21.5. The second kappa shape index (κ2) is 7.60. The first-order chi connectivity index (χ1) is 14.2. The molecule has 2 heterocycles. The Kier molecular flexibility index (Phi) is 5.10. The Labute approximate surface area is 175 Å². The molecule has 2 aromatic carbocycles. The van der Waals surface area contributed by atoms with Crippen molar-refractivity contribution >= 4 is 43.9 Å². The molecule has 4 aromatic rings. The highest BCUT2D eigenvalue weighted by atomic mass is 79.9. The molecule has 0 aliphatic rings. The van der Waals surface area contributed by atoms with E-state index in [9.17, 15) is 22.8 Å². The van der Waals surface area contributed by atoms with Crippen molar-refractivity contribution in [1.82, 2.24) is 9.55 Å². The van der Waals surface area contributed by atoms with Crippen molar-refractivity contribution < 1.29 is 27.1 Å². The first-order valence-electron chi connectivity index (χ1n) is 8.63. The van der Waals surface area contributed by atoms with Gasteiger partial charge in [-0.25, -0.2) is 9.78 Å². The molecule has 30 heavy (non-hydrogen) atoms. The smallest absolute Gasteiger partial charge is 0.449 e. The van der Waals surface area contributed by atoms with Gasteiger partial charge < -0.3 is 13.7 Å². The molecule has 0 bridgehead atoms. The average Bonchev–Trinajstić information content (AvgIpc) is 3.04. The van der Waals surface area contributed by atoms with Crippen LogP contribution in [0.15, 0.2) is 62.2 Å². The highest BCUT2D eigenvalue weighted by Gasteiger charge is 2.38. The van der Waals surface area contributed by atoms with Crippen LogP contribution in [0.3, 0.4) is 0 Å². The number of alkyl halides is 3. The van der Waals surface area contributed by atoms with E-state index < -0.39 is 30.1 Å². The van der Waals surface area contributed by atoms with Crippen molar-refractivity contribution in [2.24, 2.45) is 0 Å². The van der Waals surface area contributed by atoms with Crippen LogP contribution in [-0.2, 0) is 28.9 Å². The summed E-state index contributed by atoms with van der Waals surface area (Å²) in [5.41, 5.74) is 0.329. The quantitative estimate of drug-likeness (QED) is 0.313. The highest BCUT2D eigenvalue weighted by Crippen LogP contribution is 2.31. The number of hydrogen-bond donors (Lipinski definition) is 0. The molecule has 10 heteroatoms. The second-order valence-corrected chi connectivity index (χ2v) is 7.32. The Morgan fingerprint density at radius 2 is 1.93 bits per heavy atom. The summed E-state index contributed by atoms with van der Waals surface area (Å²) in [4.78, 5) is 27.7. The fourth-order valence-electron chi connectivity index (χ4n) is 3.11. The van der Waals surface area contributed by atoms with Crippen molar-refractivity contribution in [2.45, 2.75) is 19.3 Å². The Morgan fingerprint density at radius 1 is 1.17 bits per heavy atom. The van der Waals surface area contributed by atoms with E-state index >= 15 is 0 Å². The summed E-state index contributed by atoms with van der Waals surface area (Å²) in [6.45, 7) is -0.975. The summed E-state index contributed by atoms with van der Waals surface area (Å²) in [6, 6.07) is 12.2. The lowest BCUT2D eigenvalue weighted by Gasteiger charge is -2.12. The predicted octanol–water partition coefficient (Wildman–Crippen LogP) is 4.67. The molecular formula is C20H12BrF3N2O4. The van der Waals surface area contributed by atoms with E-state index in [-0.39, 0.29) is 17.6 Å². The van der Waals surface area contributed by atoms with Crippen molar-refractivity contribution in [2.75, 3.05) is 0 Å². The molecule has 6 nitrogen and oxygen atoms in total. The number of fused-ring (bicyclic) bond motifs is 2. The first-order valence-corrected chi connectivity index (χ1v) is 9.42. The van der Waals surface area contributed by atoms with Crippen LogP contribution in [0, 0.1) is 0 Å². The monoisotopic (exact) mass is 480 g/mol. The standard InChI is InChI=1S/C20H12BrF3N2O4/c21-12-5-6-13-11(7-17(27)30-16(13)8-12)10-29-18(28)9-26-15-4-2-1-3-14(15)25-19(26)20(22,23)24/h1-8H,9-10H2. The van der Waals surface area contributed by atoms with Gasteiger partial charge in [0.2, 0.25) is 5.82 Å². The third kappa shape index (κ3) is 3.95. The SMILES string of the molecule is O=C(Cn1c(C(F)(F)F)nc2ccccc21)OCc1cc(=O)oc2cc(Br)ccc12. The van der Waals surface area contributed by atoms with Crippen LogP contribution in [-0.4, -0.2) is 15.5 Å². The van der Waals surface area contributed by atoms with Crippen molar-refractivity contribution in [3.8, 4) is 0 Å². The van der Waals surface area contributed by atoms with Crippen LogP contribution in [0.5, 0.6) is 0 Å². The molecule has 2 aromatic heterocycles. The number of aromatic nitrogens is 2. The molecule has 0 N–H and O–H groups in total. The van der Waals surface area contributed by atoms with Crippen LogP contribution >= 0.6 is 15.9 Å². The first kappa shape index (κ1) is 20.1. The number of benzene rings is 2. The normalized spacial score (nSPS) is 11.9. The minimum absolute atomic E-state index is 0.120. The van der Waals surface area contributed by atoms with Gasteiger partial charge in [-0.2, -0.15) is 13.2 Å². The molecule has 4 rings (SSSR count). The molecule has 0 fully saturated rings. The molecule has 0 aliphatic heterocycles. The van der Waals surface area contributed by atoms with Crippen molar-refractivity contribution in [3.05, 3.63) is 74.8 Å². The molecule has 0 saturated carbocycles. The molecule has 0 radical (unpaired) electrons. The minimum atomic E-state index is -4.73. The van der Waals surface area contributed by atoms with Gasteiger partial charge in [0.05, 0.1) is 11.0 Å². The van der Waals surface area contributed by atoms with E-state index in [2.05, 4.69) is 20.9 Å². The molecule has 0 spiro atoms. The van der Waals surface area contributed by atoms with Crippen molar-refractivity contribution in [3.63, 3.8) is 0 Å². The van der Waals surface area contributed by atoms with Crippen LogP contribution < -0.4 is 5.63 Å².